The largest absolute Gasteiger partial charge is 0.452 e. The number of carbonyl (C=O) groups excluding carboxylic acids is 7. The Morgan fingerprint density at radius 1 is 0.534 bits per heavy atom. The molecule has 2 unspecified atom stereocenters. The summed E-state index contributed by atoms with van der Waals surface area (Å²) in [6.07, 6.45) is 5.04. The number of nitrogens with zero attached hydrogens (tertiary/aromatic N) is 2. The second-order valence-corrected chi connectivity index (χ2v) is 21.4. The Morgan fingerprint density at radius 2 is 0.904 bits per heavy atom. The number of ether oxygens (including phenoxy) is 2. The zero-order valence-corrected chi connectivity index (χ0v) is 45.0. The standard InChI is InChI=1S/C54H90F6N4O9/c1-8-40(36-53(55,56)57)61-49(68)45-26-20-28-63(45)51(70)43(37(2)3)34-41(65)24-22-32-72-30-18-16-14-12-10-9-11-13-15-17-19-31-73-33-23-25-42(66)35-44(38(4)5)52(71)64-29-21-27-46(64)50(69)62-47(39(6)7)48(67)54(58,59)60/h37-40,43-47H,8-36H2,1-7H3,(H,61,68)(H,62,69)/t40?,43-,44-,45-,46-,47?/m0/s1. The highest BCUT2D eigenvalue weighted by Crippen LogP contribution is 2.30. The number of alkyl halides is 6. The van der Waals surface area contributed by atoms with Crippen molar-refractivity contribution in [1.29, 1.82) is 0 Å². The van der Waals surface area contributed by atoms with Crippen LogP contribution in [-0.4, -0.2) is 127 Å². The highest BCUT2D eigenvalue weighted by Gasteiger charge is 2.47. The van der Waals surface area contributed by atoms with Crippen molar-refractivity contribution in [3.8, 4) is 0 Å². The van der Waals surface area contributed by atoms with Gasteiger partial charge in [-0.3, -0.25) is 33.6 Å². The van der Waals surface area contributed by atoms with Crippen LogP contribution in [0.1, 0.15) is 196 Å². The first-order valence-electron chi connectivity index (χ1n) is 27.5. The first kappa shape index (κ1) is 65.5. The van der Waals surface area contributed by atoms with Gasteiger partial charge in [-0.05, 0) is 75.5 Å². The van der Waals surface area contributed by atoms with Crippen LogP contribution in [0.4, 0.5) is 26.3 Å². The van der Waals surface area contributed by atoms with E-state index in [1.807, 2.05) is 27.7 Å². The van der Waals surface area contributed by atoms with Crippen LogP contribution in [0.3, 0.4) is 0 Å². The summed E-state index contributed by atoms with van der Waals surface area (Å²) in [5, 5.41) is 4.73. The van der Waals surface area contributed by atoms with Crippen molar-refractivity contribution in [3.05, 3.63) is 0 Å². The van der Waals surface area contributed by atoms with E-state index in [4.69, 9.17) is 9.47 Å². The molecule has 0 bridgehead atoms. The van der Waals surface area contributed by atoms with Crippen molar-refractivity contribution in [2.75, 3.05) is 39.5 Å². The van der Waals surface area contributed by atoms with Gasteiger partial charge < -0.3 is 29.9 Å². The van der Waals surface area contributed by atoms with Crippen molar-refractivity contribution in [3.63, 3.8) is 0 Å². The maximum absolute atomic E-state index is 13.6. The summed E-state index contributed by atoms with van der Waals surface area (Å²) >= 11 is 0. The average Bonchev–Trinajstić information content (AvgIpc) is 4.02. The van der Waals surface area contributed by atoms with E-state index in [0.717, 1.165) is 38.5 Å². The summed E-state index contributed by atoms with van der Waals surface area (Å²) in [5.74, 6) is -6.66. The molecule has 0 saturated carbocycles. The summed E-state index contributed by atoms with van der Waals surface area (Å²) in [6.45, 7) is 14.5. The number of Topliss-reactive ketones (excluding diaryl/α,β-unsaturated/α-hetero) is 3. The lowest BCUT2D eigenvalue weighted by Crippen LogP contribution is -2.55. The number of halogens is 6. The lowest BCUT2D eigenvalue weighted by molar-refractivity contribution is -0.175. The van der Waals surface area contributed by atoms with E-state index in [1.165, 1.54) is 55.8 Å². The molecule has 0 aromatic rings. The molecule has 6 atom stereocenters. The SMILES string of the molecule is CCC(CC(F)(F)F)NC(=O)[C@@H]1CCCN1C(=O)[C@@H](CC(=O)CCCOCCCCCCCCCCCCCOCCCC(=O)C[C@H](C(=O)N1CCC[C@H]1C(=O)NC(C(=O)C(F)(F)F)C(C)C)C(C)C)C(C)C. The minimum atomic E-state index is -5.11. The van der Waals surface area contributed by atoms with E-state index in [0.29, 0.717) is 65.1 Å². The zero-order valence-electron chi connectivity index (χ0n) is 45.0. The predicted octanol–water partition coefficient (Wildman–Crippen LogP) is 10.4. The van der Waals surface area contributed by atoms with Crippen LogP contribution in [0.15, 0.2) is 0 Å². The highest BCUT2D eigenvalue weighted by molar-refractivity contribution is 5.96. The van der Waals surface area contributed by atoms with E-state index in [1.54, 1.807) is 6.92 Å². The molecule has 2 aliphatic heterocycles. The highest BCUT2D eigenvalue weighted by atomic mass is 19.4. The van der Waals surface area contributed by atoms with Crippen LogP contribution in [0, 0.1) is 29.6 Å². The number of rotatable bonds is 38. The molecule has 13 nitrogen and oxygen atoms in total. The fraction of sp³-hybridized carbons (Fsp3) is 0.870. The van der Waals surface area contributed by atoms with Crippen LogP contribution in [0.2, 0.25) is 0 Å². The molecule has 0 aliphatic carbocycles. The maximum Gasteiger partial charge on any atom is 0.452 e. The Bertz CT molecular complexity index is 1690. The van der Waals surface area contributed by atoms with Crippen LogP contribution < -0.4 is 10.6 Å². The van der Waals surface area contributed by atoms with Crippen LogP contribution >= 0.6 is 0 Å². The van der Waals surface area contributed by atoms with Crippen LogP contribution in [-0.2, 0) is 43.0 Å². The molecular formula is C54H90F6N4O9. The van der Waals surface area contributed by atoms with Gasteiger partial charge in [0.05, 0.1) is 12.5 Å². The second-order valence-electron chi connectivity index (χ2n) is 21.4. The molecule has 19 heteroatoms. The normalized spacial score (nSPS) is 18.1. The molecular weight excluding hydrogens is 963 g/mol. The van der Waals surface area contributed by atoms with E-state index >= 15 is 0 Å². The molecule has 0 aromatic carbocycles. The van der Waals surface area contributed by atoms with Gasteiger partial charge in [-0.2, -0.15) is 26.3 Å². The molecule has 0 radical (unpaired) electrons. The Balaban J connectivity index is 1.49. The van der Waals surface area contributed by atoms with Crippen LogP contribution in [0.25, 0.3) is 0 Å². The monoisotopic (exact) mass is 1050 g/mol. The fourth-order valence-corrected chi connectivity index (χ4v) is 9.72. The zero-order chi connectivity index (χ0) is 54.7. The van der Waals surface area contributed by atoms with Crippen LogP contribution in [0.5, 0.6) is 0 Å². The van der Waals surface area contributed by atoms with Gasteiger partial charge in [0.25, 0.3) is 5.78 Å². The molecule has 2 heterocycles. The van der Waals surface area contributed by atoms with Gasteiger partial charge in [0.2, 0.25) is 23.6 Å². The summed E-state index contributed by atoms with van der Waals surface area (Å²) in [4.78, 5) is 93.8. The quantitative estimate of drug-likeness (QED) is 0.0452. The van der Waals surface area contributed by atoms with Gasteiger partial charge in [0.15, 0.2) is 0 Å². The van der Waals surface area contributed by atoms with E-state index in [2.05, 4.69) is 10.6 Å². The third-order valence-electron chi connectivity index (χ3n) is 14.2. The Kier molecular flexibility index (Phi) is 30.6. The number of ketones is 3. The molecule has 0 aromatic heterocycles. The predicted molar refractivity (Wildman–Crippen MR) is 267 cm³/mol. The maximum atomic E-state index is 13.6. The van der Waals surface area contributed by atoms with Crippen molar-refractivity contribution < 1.29 is 69.4 Å². The molecule has 0 spiro atoms. The van der Waals surface area contributed by atoms with E-state index < -0.39 is 78.3 Å². The van der Waals surface area contributed by atoms with Crippen molar-refractivity contribution in [2.24, 2.45) is 29.6 Å². The molecule has 4 amide bonds. The van der Waals surface area contributed by atoms with E-state index in [-0.39, 0.29) is 80.3 Å². The summed E-state index contributed by atoms with van der Waals surface area (Å²) in [7, 11) is 0. The third-order valence-corrected chi connectivity index (χ3v) is 14.2. The number of amides is 4. The number of likely N-dealkylation sites (tertiary alicyclic amines) is 2. The number of hydrogen-bond acceptors (Lipinski definition) is 9. The Morgan fingerprint density at radius 3 is 1.25 bits per heavy atom. The van der Waals surface area contributed by atoms with Gasteiger partial charge in [-0.25, -0.2) is 0 Å². The number of hydrogen-bond donors (Lipinski definition) is 2. The van der Waals surface area contributed by atoms with Gasteiger partial charge in [0.1, 0.15) is 23.7 Å². The van der Waals surface area contributed by atoms with E-state index in [9.17, 15) is 59.9 Å². The third kappa shape index (κ3) is 25.2. The average molecular weight is 1050 g/mol. The lowest BCUT2D eigenvalue weighted by Gasteiger charge is -2.31. The van der Waals surface area contributed by atoms with Gasteiger partial charge in [-0.15, -0.1) is 0 Å². The second kappa shape index (κ2) is 34.1. The Hall–Kier alpha value is -3.61. The number of unbranched alkanes of at least 4 members (excludes halogenated alkanes) is 10. The lowest BCUT2D eigenvalue weighted by atomic mass is 9.88. The fourth-order valence-electron chi connectivity index (χ4n) is 9.72. The minimum Gasteiger partial charge on any atom is -0.381 e. The van der Waals surface area contributed by atoms with Gasteiger partial charge >= 0.3 is 12.4 Å². The Labute approximate surface area is 431 Å². The molecule has 2 fully saturated rings. The number of carbonyl (C=O) groups is 7. The summed E-state index contributed by atoms with van der Waals surface area (Å²) < 4.78 is 89.9. The first-order chi connectivity index (χ1) is 34.4. The van der Waals surface area contributed by atoms with Gasteiger partial charge in [-0.1, -0.05) is 106 Å². The smallest absolute Gasteiger partial charge is 0.381 e. The van der Waals surface area contributed by atoms with Crippen molar-refractivity contribution in [2.45, 2.75) is 233 Å². The molecule has 422 valence electrons. The topological polar surface area (TPSA) is 168 Å². The summed E-state index contributed by atoms with van der Waals surface area (Å²) in [6, 6.07) is -4.65. The molecule has 2 aliphatic rings. The minimum absolute atomic E-state index is 0.00133. The van der Waals surface area contributed by atoms with Crippen molar-refractivity contribution in [1.82, 2.24) is 20.4 Å². The molecule has 2 saturated heterocycles. The summed E-state index contributed by atoms with van der Waals surface area (Å²) in [5.41, 5.74) is 0. The first-order valence-corrected chi connectivity index (χ1v) is 27.5. The molecule has 2 rings (SSSR count). The van der Waals surface area contributed by atoms with Crippen molar-refractivity contribution >= 4 is 41.0 Å². The molecule has 73 heavy (non-hydrogen) atoms. The number of nitrogens with one attached hydrogen (secondary N) is 2. The van der Waals surface area contributed by atoms with Gasteiger partial charge in [0, 0.05) is 83.1 Å². The molecule has 2 N–H and O–H groups in total.